The summed E-state index contributed by atoms with van der Waals surface area (Å²) < 4.78 is 0.967. The molecule has 3 heteroatoms. The smallest absolute Gasteiger partial charge is 0.124 e. The van der Waals surface area contributed by atoms with E-state index in [1.165, 1.54) is 0 Å². The fourth-order valence-electron chi connectivity index (χ4n) is 1.20. The molecule has 1 N–H and O–H groups in total. The van der Waals surface area contributed by atoms with Gasteiger partial charge in [0, 0.05) is 10.3 Å². The van der Waals surface area contributed by atoms with Crippen LogP contribution in [0.5, 0.6) is 5.75 Å². The molecule has 0 aliphatic heterocycles. The van der Waals surface area contributed by atoms with Gasteiger partial charge in [-0.1, -0.05) is 11.6 Å². The maximum absolute atomic E-state index is 9.46. The molecule has 1 heterocycles. The highest BCUT2D eigenvalue weighted by atomic mass is 35.5. The van der Waals surface area contributed by atoms with Gasteiger partial charge in [-0.2, -0.15) is 0 Å². The third kappa shape index (κ3) is 1.08. The molecule has 0 saturated heterocycles. The minimum absolute atomic E-state index is 0.304. The first-order chi connectivity index (χ1) is 5.68. The van der Waals surface area contributed by atoms with Crippen molar-refractivity contribution in [3.8, 4) is 5.75 Å². The van der Waals surface area contributed by atoms with E-state index in [2.05, 4.69) is 0 Å². The summed E-state index contributed by atoms with van der Waals surface area (Å²) in [6.07, 6.45) is 0. The van der Waals surface area contributed by atoms with Gasteiger partial charge in [-0.25, -0.2) is 0 Å². The number of thiophene rings is 1. The summed E-state index contributed by atoms with van der Waals surface area (Å²) in [6, 6.07) is 5.28. The van der Waals surface area contributed by atoms with Crippen molar-refractivity contribution < 1.29 is 5.11 Å². The van der Waals surface area contributed by atoms with Gasteiger partial charge in [0.2, 0.25) is 0 Å². The van der Waals surface area contributed by atoms with Gasteiger partial charge < -0.3 is 5.11 Å². The van der Waals surface area contributed by atoms with E-state index in [1.807, 2.05) is 13.0 Å². The van der Waals surface area contributed by atoms with Crippen LogP contribution in [0.2, 0.25) is 5.02 Å². The SMILES string of the molecule is Cc1cc2c(O)ccc(Cl)c2s1. The third-order valence-electron chi connectivity index (χ3n) is 1.74. The van der Waals surface area contributed by atoms with Crippen molar-refractivity contribution in [1.29, 1.82) is 0 Å². The molecule has 0 bridgehead atoms. The number of aromatic hydroxyl groups is 1. The Morgan fingerprint density at radius 2 is 2.17 bits per heavy atom. The molecular formula is C9H7ClOS. The largest absolute Gasteiger partial charge is 0.507 e. The molecule has 2 aromatic rings. The fourth-order valence-corrected chi connectivity index (χ4v) is 2.42. The number of phenolic OH excluding ortho intramolecular Hbond substituents is 1. The van der Waals surface area contributed by atoms with Crippen LogP contribution in [0, 0.1) is 6.92 Å². The van der Waals surface area contributed by atoms with Gasteiger partial charge in [-0.3, -0.25) is 0 Å². The van der Waals surface area contributed by atoms with E-state index in [9.17, 15) is 5.11 Å². The average molecular weight is 199 g/mol. The van der Waals surface area contributed by atoms with Crippen LogP contribution in [-0.4, -0.2) is 5.11 Å². The molecule has 0 atom stereocenters. The lowest BCUT2D eigenvalue weighted by atomic mass is 10.2. The van der Waals surface area contributed by atoms with Crippen molar-refractivity contribution in [3.05, 3.63) is 28.1 Å². The second-order valence-corrected chi connectivity index (χ2v) is 4.33. The van der Waals surface area contributed by atoms with Crippen LogP contribution >= 0.6 is 22.9 Å². The highest BCUT2D eigenvalue weighted by molar-refractivity contribution is 7.19. The summed E-state index contributed by atoms with van der Waals surface area (Å²) in [5, 5.41) is 11.0. The predicted octanol–water partition coefficient (Wildman–Crippen LogP) is 3.57. The minimum atomic E-state index is 0.304. The van der Waals surface area contributed by atoms with Gasteiger partial charge in [0.1, 0.15) is 5.75 Å². The number of hydrogen-bond acceptors (Lipinski definition) is 2. The molecule has 62 valence electrons. The van der Waals surface area contributed by atoms with Crippen LogP contribution in [-0.2, 0) is 0 Å². The number of halogens is 1. The van der Waals surface area contributed by atoms with Gasteiger partial charge in [-0.15, -0.1) is 11.3 Å². The number of rotatable bonds is 0. The highest BCUT2D eigenvalue weighted by Crippen LogP contribution is 2.36. The Hall–Kier alpha value is -0.730. The summed E-state index contributed by atoms with van der Waals surface area (Å²) >= 11 is 7.54. The van der Waals surface area contributed by atoms with Gasteiger partial charge in [-0.05, 0) is 25.1 Å². The number of fused-ring (bicyclic) bond motifs is 1. The van der Waals surface area contributed by atoms with Gasteiger partial charge in [0.05, 0.1) is 9.72 Å². The zero-order chi connectivity index (χ0) is 8.72. The van der Waals surface area contributed by atoms with E-state index in [0.29, 0.717) is 10.8 Å². The Kier molecular flexibility index (Phi) is 1.74. The number of phenols is 1. The molecule has 12 heavy (non-hydrogen) atoms. The van der Waals surface area contributed by atoms with E-state index in [0.717, 1.165) is 15.0 Å². The monoisotopic (exact) mass is 198 g/mol. The van der Waals surface area contributed by atoms with E-state index in [-0.39, 0.29) is 0 Å². The van der Waals surface area contributed by atoms with Crippen molar-refractivity contribution in [2.24, 2.45) is 0 Å². The molecule has 0 unspecified atom stereocenters. The quantitative estimate of drug-likeness (QED) is 0.686. The molecule has 0 amide bonds. The standard InChI is InChI=1S/C9H7ClOS/c1-5-4-6-8(11)3-2-7(10)9(6)12-5/h2-4,11H,1H3. The van der Waals surface area contributed by atoms with E-state index < -0.39 is 0 Å². The predicted molar refractivity (Wildman–Crippen MR) is 53.2 cm³/mol. The molecule has 1 aromatic carbocycles. The van der Waals surface area contributed by atoms with Crippen molar-refractivity contribution in [3.63, 3.8) is 0 Å². The van der Waals surface area contributed by atoms with Crippen molar-refractivity contribution in [1.82, 2.24) is 0 Å². The number of benzene rings is 1. The molecule has 0 saturated carbocycles. The number of hydrogen-bond donors (Lipinski definition) is 1. The number of aryl methyl sites for hydroxylation is 1. The molecule has 0 radical (unpaired) electrons. The maximum Gasteiger partial charge on any atom is 0.124 e. The van der Waals surface area contributed by atoms with Gasteiger partial charge in [0.15, 0.2) is 0 Å². The van der Waals surface area contributed by atoms with Crippen LogP contribution in [0.15, 0.2) is 18.2 Å². The van der Waals surface area contributed by atoms with Crippen LogP contribution in [0.25, 0.3) is 10.1 Å². The van der Waals surface area contributed by atoms with Crippen molar-refractivity contribution in [2.75, 3.05) is 0 Å². The molecule has 0 aliphatic carbocycles. The normalized spacial score (nSPS) is 10.8. The van der Waals surface area contributed by atoms with Crippen LogP contribution in [0.4, 0.5) is 0 Å². The summed E-state index contributed by atoms with van der Waals surface area (Å²) in [4.78, 5) is 1.16. The summed E-state index contributed by atoms with van der Waals surface area (Å²) in [6.45, 7) is 2.00. The van der Waals surface area contributed by atoms with Crippen molar-refractivity contribution >= 4 is 33.0 Å². The van der Waals surface area contributed by atoms with E-state index in [4.69, 9.17) is 11.6 Å². The first kappa shape index (κ1) is 7.90. The lowest BCUT2D eigenvalue weighted by molar-refractivity contribution is 0.482. The lowest BCUT2D eigenvalue weighted by Crippen LogP contribution is -1.67. The molecule has 0 fully saturated rings. The zero-order valence-corrected chi connectivity index (χ0v) is 8.04. The second kappa shape index (κ2) is 2.64. The Bertz CT molecular complexity index is 394. The van der Waals surface area contributed by atoms with Gasteiger partial charge >= 0.3 is 0 Å². The van der Waals surface area contributed by atoms with Crippen LogP contribution in [0.3, 0.4) is 0 Å². The first-order valence-electron chi connectivity index (χ1n) is 3.56. The Balaban J connectivity index is 2.93. The topological polar surface area (TPSA) is 20.2 Å². The molecular weight excluding hydrogens is 192 g/mol. The average Bonchev–Trinajstić information content (AvgIpc) is 2.41. The van der Waals surface area contributed by atoms with E-state index >= 15 is 0 Å². The molecule has 0 aliphatic rings. The first-order valence-corrected chi connectivity index (χ1v) is 4.75. The molecule has 2 rings (SSSR count). The lowest BCUT2D eigenvalue weighted by Gasteiger charge is -1.95. The summed E-state index contributed by atoms with van der Waals surface area (Å²) in [5.74, 6) is 0.304. The third-order valence-corrected chi connectivity index (χ3v) is 3.25. The van der Waals surface area contributed by atoms with Crippen LogP contribution in [0.1, 0.15) is 4.88 Å². The Morgan fingerprint density at radius 3 is 2.83 bits per heavy atom. The Labute approximate surface area is 79.2 Å². The van der Waals surface area contributed by atoms with Crippen LogP contribution < -0.4 is 0 Å². The summed E-state index contributed by atoms with van der Waals surface area (Å²) in [7, 11) is 0. The van der Waals surface area contributed by atoms with Crippen molar-refractivity contribution in [2.45, 2.75) is 6.92 Å². The zero-order valence-electron chi connectivity index (χ0n) is 6.47. The second-order valence-electron chi connectivity index (χ2n) is 2.67. The summed E-state index contributed by atoms with van der Waals surface area (Å²) in [5.41, 5.74) is 0. The molecule has 1 nitrogen and oxygen atoms in total. The minimum Gasteiger partial charge on any atom is -0.507 e. The molecule has 0 spiro atoms. The van der Waals surface area contributed by atoms with Gasteiger partial charge in [0.25, 0.3) is 0 Å². The maximum atomic E-state index is 9.46. The Morgan fingerprint density at radius 1 is 1.42 bits per heavy atom. The highest BCUT2D eigenvalue weighted by Gasteiger charge is 2.06. The molecule has 1 aromatic heterocycles. The van der Waals surface area contributed by atoms with E-state index in [1.54, 1.807) is 23.5 Å². The fraction of sp³-hybridized carbons (Fsp3) is 0.111.